The zero-order valence-corrected chi connectivity index (χ0v) is 12.2. The summed E-state index contributed by atoms with van der Waals surface area (Å²) in [7, 11) is 0. The summed E-state index contributed by atoms with van der Waals surface area (Å²) in [6.45, 7) is 7.69. The Kier molecular flexibility index (Phi) is 3.36. The van der Waals surface area contributed by atoms with Crippen molar-refractivity contribution in [2.75, 3.05) is 0 Å². The van der Waals surface area contributed by atoms with Crippen LogP contribution < -0.4 is 5.32 Å². The maximum absolute atomic E-state index is 3.69. The van der Waals surface area contributed by atoms with E-state index in [1.807, 2.05) is 0 Å². The molecule has 3 rings (SSSR count). The van der Waals surface area contributed by atoms with Crippen LogP contribution in [0.2, 0.25) is 0 Å². The lowest BCUT2D eigenvalue weighted by Gasteiger charge is -2.26. The van der Waals surface area contributed by atoms with Gasteiger partial charge in [-0.3, -0.25) is 0 Å². The van der Waals surface area contributed by atoms with E-state index >= 15 is 0 Å². The molecule has 102 valence electrons. The Balaban J connectivity index is 1.94. The fraction of sp³-hybridized carbons (Fsp3) is 0.529. The number of aromatic nitrogens is 1. The van der Waals surface area contributed by atoms with Gasteiger partial charge >= 0.3 is 0 Å². The van der Waals surface area contributed by atoms with Crippen molar-refractivity contribution in [2.24, 2.45) is 0 Å². The summed E-state index contributed by atoms with van der Waals surface area (Å²) in [6.07, 6.45) is 6.43. The molecule has 0 bridgehead atoms. The van der Waals surface area contributed by atoms with Crippen LogP contribution in [0.3, 0.4) is 0 Å². The highest BCUT2D eigenvalue weighted by Crippen LogP contribution is 2.26. The second kappa shape index (κ2) is 5.01. The molecule has 0 saturated heterocycles. The van der Waals surface area contributed by atoms with Gasteiger partial charge in [-0.2, -0.15) is 0 Å². The standard InChI is InChI=1S/C17H24N2/c1-12(2)19-11-14(10-18-15-5-4-6-15)16-9-13(3)7-8-17(16)19/h7-9,11-12,15,18H,4-6,10H2,1-3H3. The van der Waals surface area contributed by atoms with Crippen LogP contribution in [0, 0.1) is 6.92 Å². The lowest BCUT2D eigenvalue weighted by atomic mass is 9.93. The van der Waals surface area contributed by atoms with Crippen molar-refractivity contribution in [2.45, 2.75) is 58.7 Å². The average Bonchev–Trinajstić information content (AvgIpc) is 2.66. The number of nitrogens with one attached hydrogen (secondary N) is 1. The fourth-order valence-corrected chi connectivity index (χ4v) is 2.87. The lowest BCUT2D eigenvalue weighted by molar-refractivity contribution is 0.338. The van der Waals surface area contributed by atoms with E-state index in [0.29, 0.717) is 6.04 Å². The van der Waals surface area contributed by atoms with E-state index in [9.17, 15) is 0 Å². The first-order valence-electron chi connectivity index (χ1n) is 7.48. The molecule has 1 aromatic heterocycles. The van der Waals surface area contributed by atoms with Gasteiger partial charge in [-0.1, -0.05) is 18.1 Å². The van der Waals surface area contributed by atoms with E-state index in [-0.39, 0.29) is 0 Å². The first-order valence-corrected chi connectivity index (χ1v) is 7.48. The molecule has 0 atom stereocenters. The Hall–Kier alpha value is -1.28. The van der Waals surface area contributed by atoms with Crippen molar-refractivity contribution in [1.29, 1.82) is 0 Å². The highest BCUT2D eigenvalue weighted by molar-refractivity contribution is 5.84. The van der Waals surface area contributed by atoms with Gasteiger partial charge in [0.15, 0.2) is 0 Å². The molecule has 1 aromatic carbocycles. The van der Waals surface area contributed by atoms with Crippen LogP contribution in [0.4, 0.5) is 0 Å². The van der Waals surface area contributed by atoms with Crippen LogP contribution in [0.5, 0.6) is 0 Å². The average molecular weight is 256 g/mol. The van der Waals surface area contributed by atoms with Gasteiger partial charge in [-0.15, -0.1) is 0 Å². The van der Waals surface area contributed by atoms with Gasteiger partial charge < -0.3 is 9.88 Å². The van der Waals surface area contributed by atoms with E-state index in [4.69, 9.17) is 0 Å². The van der Waals surface area contributed by atoms with Gasteiger partial charge in [-0.05, 0) is 51.3 Å². The zero-order chi connectivity index (χ0) is 13.4. The van der Waals surface area contributed by atoms with Crippen molar-refractivity contribution in [3.63, 3.8) is 0 Å². The second-order valence-corrected chi connectivity index (χ2v) is 6.18. The van der Waals surface area contributed by atoms with Crippen molar-refractivity contribution in [3.05, 3.63) is 35.5 Å². The largest absolute Gasteiger partial charge is 0.345 e. The topological polar surface area (TPSA) is 17.0 Å². The third-order valence-corrected chi connectivity index (χ3v) is 4.31. The molecule has 1 heterocycles. The van der Waals surface area contributed by atoms with E-state index in [0.717, 1.165) is 12.6 Å². The molecule has 1 aliphatic rings. The lowest BCUT2D eigenvalue weighted by Crippen LogP contribution is -2.34. The second-order valence-electron chi connectivity index (χ2n) is 6.18. The molecule has 2 nitrogen and oxygen atoms in total. The van der Waals surface area contributed by atoms with Crippen LogP contribution in [-0.4, -0.2) is 10.6 Å². The number of nitrogens with zero attached hydrogens (tertiary/aromatic N) is 1. The van der Waals surface area contributed by atoms with E-state index in [1.165, 1.54) is 41.3 Å². The number of benzene rings is 1. The van der Waals surface area contributed by atoms with Crippen molar-refractivity contribution in [1.82, 2.24) is 9.88 Å². The number of hydrogen-bond acceptors (Lipinski definition) is 1. The predicted molar refractivity (Wildman–Crippen MR) is 81.5 cm³/mol. The highest BCUT2D eigenvalue weighted by atomic mass is 15.0. The van der Waals surface area contributed by atoms with Crippen LogP contribution in [0.25, 0.3) is 10.9 Å². The minimum atomic E-state index is 0.516. The zero-order valence-electron chi connectivity index (χ0n) is 12.2. The normalized spacial score (nSPS) is 16.2. The molecule has 0 radical (unpaired) electrons. The molecular formula is C17H24N2. The van der Waals surface area contributed by atoms with Crippen molar-refractivity contribution >= 4 is 10.9 Å². The Bertz CT molecular complexity index is 576. The molecule has 0 aliphatic heterocycles. The summed E-state index contributed by atoms with van der Waals surface area (Å²) in [6, 6.07) is 8.07. The summed E-state index contributed by atoms with van der Waals surface area (Å²) in [5, 5.41) is 5.10. The summed E-state index contributed by atoms with van der Waals surface area (Å²) in [5.74, 6) is 0. The molecule has 2 heteroatoms. The molecule has 19 heavy (non-hydrogen) atoms. The summed E-state index contributed by atoms with van der Waals surface area (Å²) in [4.78, 5) is 0. The van der Waals surface area contributed by atoms with Crippen molar-refractivity contribution in [3.8, 4) is 0 Å². The molecule has 1 N–H and O–H groups in total. The quantitative estimate of drug-likeness (QED) is 0.868. The summed E-state index contributed by atoms with van der Waals surface area (Å²) >= 11 is 0. The van der Waals surface area contributed by atoms with Gasteiger partial charge in [0.25, 0.3) is 0 Å². The molecular weight excluding hydrogens is 232 g/mol. The van der Waals surface area contributed by atoms with Gasteiger partial charge in [0.2, 0.25) is 0 Å². The molecule has 0 spiro atoms. The summed E-state index contributed by atoms with van der Waals surface area (Å²) < 4.78 is 2.40. The third kappa shape index (κ3) is 2.42. The molecule has 1 fully saturated rings. The number of aryl methyl sites for hydroxylation is 1. The minimum Gasteiger partial charge on any atom is -0.345 e. The molecule has 0 amide bonds. The molecule has 1 saturated carbocycles. The van der Waals surface area contributed by atoms with Crippen LogP contribution in [-0.2, 0) is 6.54 Å². The molecule has 2 aromatic rings. The predicted octanol–water partition coefficient (Wildman–Crippen LogP) is 4.17. The fourth-order valence-electron chi connectivity index (χ4n) is 2.87. The molecule has 1 aliphatic carbocycles. The number of fused-ring (bicyclic) bond motifs is 1. The van der Waals surface area contributed by atoms with E-state index in [1.54, 1.807) is 0 Å². The Morgan fingerprint density at radius 1 is 1.32 bits per heavy atom. The van der Waals surface area contributed by atoms with Crippen LogP contribution in [0.1, 0.15) is 50.3 Å². The maximum atomic E-state index is 3.69. The first kappa shape index (κ1) is 12.7. The van der Waals surface area contributed by atoms with Gasteiger partial charge in [0.1, 0.15) is 0 Å². The van der Waals surface area contributed by atoms with E-state index < -0.39 is 0 Å². The highest BCUT2D eigenvalue weighted by Gasteiger charge is 2.17. The smallest absolute Gasteiger partial charge is 0.0486 e. The Morgan fingerprint density at radius 3 is 2.74 bits per heavy atom. The van der Waals surface area contributed by atoms with Crippen LogP contribution >= 0.6 is 0 Å². The number of hydrogen-bond donors (Lipinski definition) is 1. The third-order valence-electron chi connectivity index (χ3n) is 4.31. The van der Waals surface area contributed by atoms with Gasteiger partial charge in [0.05, 0.1) is 0 Å². The van der Waals surface area contributed by atoms with Crippen molar-refractivity contribution < 1.29 is 0 Å². The SMILES string of the molecule is Cc1ccc2c(c1)c(CNC1CCC1)cn2C(C)C. The van der Waals surface area contributed by atoms with Gasteiger partial charge in [0, 0.05) is 35.7 Å². The summed E-state index contributed by atoms with van der Waals surface area (Å²) in [5.41, 5.74) is 4.16. The monoisotopic (exact) mass is 256 g/mol. The van der Waals surface area contributed by atoms with Gasteiger partial charge in [-0.25, -0.2) is 0 Å². The Morgan fingerprint density at radius 2 is 2.11 bits per heavy atom. The van der Waals surface area contributed by atoms with Crippen LogP contribution in [0.15, 0.2) is 24.4 Å². The number of rotatable bonds is 4. The minimum absolute atomic E-state index is 0.516. The molecule has 0 unspecified atom stereocenters. The maximum Gasteiger partial charge on any atom is 0.0486 e. The Labute approximate surface area is 115 Å². The van der Waals surface area contributed by atoms with E-state index in [2.05, 4.69) is 55.1 Å². The first-order chi connectivity index (χ1) is 9.15.